The number of rotatable bonds is 3. The number of amides is 1. The number of carbonyl (C=O) groups is 1. The molecule has 1 aromatic rings. The molecule has 1 aliphatic heterocycles. The molecule has 0 saturated heterocycles. The van der Waals surface area contributed by atoms with Crippen LogP contribution in [0.5, 0.6) is 0 Å². The Morgan fingerprint density at radius 3 is 3.06 bits per heavy atom. The van der Waals surface area contributed by atoms with Crippen molar-refractivity contribution >= 4 is 17.7 Å². The second-order valence-corrected chi connectivity index (χ2v) is 6.37. The Hall–Kier alpha value is -1.00. The standard InChI is InChI=1S/C14H18N2OS/c15-14(5-6-14)13(17)16-9-10-3-4-12-11(8-10)2-1-7-18-12/h3-4,8H,1-2,5-7,9,15H2,(H,16,17). The lowest BCUT2D eigenvalue weighted by Crippen LogP contribution is -2.42. The Morgan fingerprint density at radius 1 is 1.44 bits per heavy atom. The van der Waals surface area contributed by atoms with Crippen molar-refractivity contribution in [1.29, 1.82) is 0 Å². The fourth-order valence-electron chi connectivity index (χ4n) is 2.24. The van der Waals surface area contributed by atoms with Gasteiger partial charge in [0.15, 0.2) is 0 Å². The molecule has 0 bridgehead atoms. The molecule has 2 aliphatic rings. The number of benzene rings is 1. The van der Waals surface area contributed by atoms with Crippen LogP contribution in [0.2, 0.25) is 0 Å². The van der Waals surface area contributed by atoms with Crippen molar-refractivity contribution < 1.29 is 4.79 Å². The zero-order valence-corrected chi connectivity index (χ0v) is 11.2. The average Bonchev–Trinajstić information content (AvgIpc) is 3.15. The molecular weight excluding hydrogens is 244 g/mol. The lowest BCUT2D eigenvalue weighted by Gasteiger charge is -2.16. The molecule has 1 heterocycles. The van der Waals surface area contributed by atoms with Crippen LogP contribution in [-0.4, -0.2) is 17.2 Å². The van der Waals surface area contributed by atoms with E-state index in [4.69, 9.17) is 5.73 Å². The molecule has 4 heteroatoms. The molecule has 0 spiro atoms. The Morgan fingerprint density at radius 2 is 2.28 bits per heavy atom. The number of hydrogen-bond donors (Lipinski definition) is 2. The second-order valence-electron chi connectivity index (χ2n) is 5.23. The minimum absolute atomic E-state index is 0.00500. The van der Waals surface area contributed by atoms with Crippen molar-refractivity contribution in [2.75, 3.05) is 5.75 Å². The maximum absolute atomic E-state index is 11.7. The zero-order chi connectivity index (χ0) is 12.6. The monoisotopic (exact) mass is 262 g/mol. The smallest absolute Gasteiger partial charge is 0.240 e. The summed E-state index contributed by atoms with van der Waals surface area (Å²) in [5.41, 5.74) is 7.88. The molecule has 1 aromatic carbocycles. The minimum atomic E-state index is -0.565. The van der Waals surface area contributed by atoms with E-state index < -0.39 is 5.54 Å². The predicted octanol–water partition coefficient (Wildman–Crippen LogP) is 1.83. The molecule has 3 N–H and O–H groups in total. The fourth-order valence-corrected chi connectivity index (χ4v) is 3.26. The van der Waals surface area contributed by atoms with Crippen LogP contribution < -0.4 is 11.1 Å². The van der Waals surface area contributed by atoms with Crippen LogP contribution in [0, 0.1) is 0 Å². The maximum Gasteiger partial charge on any atom is 0.240 e. The van der Waals surface area contributed by atoms with E-state index in [1.165, 1.54) is 28.2 Å². The molecule has 1 saturated carbocycles. The van der Waals surface area contributed by atoms with E-state index in [0.29, 0.717) is 6.54 Å². The van der Waals surface area contributed by atoms with E-state index in [1.807, 2.05) is 11.8 Å². The maximum atomic E-state index is 11.7. The van der Waals surface area contributed by atoms with Gasteiger partial charge in [-0.05, 0) is 48.6 Å². The number of thioether (sulfide) groups is 1. The van der Waals surface area contributed by atoms with Crippen molar-refractivity contribution in [3.05, 3.63) is 29.3 Å². The first-order valence-corrected chi connectivity index (χ1v) is 7.48. The molecule has 3 nitrogen and oxygen atoms in total. The summed E-state index contributed by atoms with van der Waals surface area (Å²) >= 11 is 1.93. The van der Waals surface area contributed by atoms with Gasteiger partial charge in [-0.25, -0.2) is 0 Å². The first kappa shape index (κ1) is 12.1. The molecule has 3 rings (SSSR count). The molecule has 1 aliphatic carbocycles. The van der Waals surface area contributed by atoms with Gasteiger partial charge in [-0.15, -0.1) is 11.8 Å². The normalized spacial score (nSPS) is 20.1. The number of aryl methyl sites for hydroxylation is 1. The Balaban J connectivity index is 1.64. The number of nitrogens with one attached hydrogen (secondary N) is 1. The summed E-state index contributed by atoms with van der Waals surface area (Å²) in [7, 11) is 0. The van der Waals surface area contributed by atoms with Crippen LogP contribution in [0.4, 0.5) is 0 Å². The molecular formula is C14H18N2OS. The number of nitrogens with two attached hydrogens (primary N) is 1. The summed E-state index contributed by atoms with van der Waals surface area (Å²) in [5.74, 6) is 1.22. The van der Waals surface area contributed by atoms with Gasteiger partial charge in [0.25, 0.3) is 0 Å². The van der Waals surface area contributed by atoms with Crippen LogP contribution >= 0.6 is 11.8 Å². The van der Waals surface area contributed by atoms with Gasteiger partial charge in [0.1, 0.15) is 0 Å². The van der Waals surface area contributed by atoms with Crippen molar-refractivity contribution in [3.63, 3.8) is 0 Å². The van der Waals surface area contributed by atoms with Gasteiger partial charge < -0.3 is 11.1 Å². The van der Waals surface area contributed by atoms with E-state index in [2.05, 4.69) is 23.5 Å². The molecule has 1 fully saturated rings. The fraction of sp³-hybridized carbons (Fsp3) is 0.500. The third-order valence-electron chi connectivity index (χ3n) is 3.67. The summed E-state index contributed by atoms with van der Waals surface area (Å²) in [6.07, 6.45) is 4.05. The summed E-state index contributed by atoms with van der Waals surface area (Å²) in [6.45, 7) is 0.593. The molecule has 96 valence electrons. The van der Waals surface area contributed by atoms with Gasteiger partial charge in [-0.3, -0.25) is 4.79 Å². The van der Waals surface area contributed by atoms with Crippen molar-refractivity contribution in [1.82, 2.24) is 5.32 Å². The van der Waals surface area contributed by atoms with Gasteiger partial charge in [-0.2, -0.15) is 0 Å². The van der Waals surface area contributed by atoms with Crippen LogP contribution in [0.1, 0.15) is 30.4 Å². The molecule has 1 amide bonds. The number of fused-ring (bicyclic) bond motifs is 1. The van der Waals surface area contributed by atoms with Crippen molar-refractivity contribution in [2.24, 2.45) is 5.73 Å². The first-order valence-electron chi connectivity index (χ1n) is 6.49. The van der Waals surface area contributed by atoms with E-state index in [0.717, 1.165) is 19.3 Å². The third kappa shape index (κ3) is 2.40. The van der Waals surface area contributed by atoms with E-state index in [9.17, 15) is 4.79 Å². The van der Waals surface area contributed by atoms with Crippen LogP contribution in [0.3, 0.4) is 0 Å². The summed E-state index contributed by atoms with van der Waals surface area (Å²) in [6, 6.07) is 6.50. The quantitative estimate of drug-likeness (QED) is 0.874. The first-order chi connectivity index (χ1) is 8.67. The minimum Gasteiger partial charge on any atom is -0.350 e. The highest BCUT2D eigenvalue weighted by Gasteiger charge is 2.45. The summed E-state index contributed by atoms with van der Waals surface area (Å²) < 4.78 is 0. The van der Waals surface area contributed by atoms with Crippen molar-refractivity contribution in [2.45, 2.75) is 42.7 Å². The highest BCUT2D eigenvalue weighted by atomic mass is 32.2. The SMILES string of the molecule is NC1(C(=O)NCc2ccc3c(c2)CCCS3)CC1. The molecule has 0 radical (unpaired) electrons. The summed E-state index contributed by atoms with van der Waals surface area (Å²) in [5, 5.41) is 2.94. The van der Waals surface area contributed by atoms with Gasteiger partial charge in [0.2, 0.25) is 5.91 Å². The number of hydrogen-bond acceptors (Lipinski definition) is 3. The Kier molecular flexibility index (Phi) is 3.08. The lowest BCUT2D eigenvalue weighted by atomic mass is 10.1. The van der Waals surface area contributed by atoms with Crippen LogP contribution in [0.25, 0.3) is 0 Å². The molecule has 0 aromatic heterocycles. The average molecular weight is 262 g/mol. The highest BCUT2D eigenvalue weighted by molar-refractivity contribution is 7.99. The van der Waals surface area contributed by atoms with Crippen LogP contribution in [0.15, 0.2) is 23.1 Å². The Labute approximate surface area is 112 Å². The zero-order valence-electron chi connectivity index (χ0n) is 10.4. The van der Waals surface area contributed by atoms with E-state index in [-0.39, 0.29) is 5.91 Å². The summed E-state index contributed by atoms with van der Waals surface area (Å²) in [4.78, 5) is 13.1. The molecule has 0 unspecified atom stereocenters. The van der Waals surface area contributed by atoms with E-state index in [1.54, 1.807) is 0 Å². The highest BCUT2D eigenvalue weighted by Crippen LogP contribution is 2.32. The van der Waals surface area contributed by atoms with Gasteiger partial charge in [0.05, 0.1) is 5.54 Å². The van der Waals surface area contributed by atoms with E-state index >= 15 is 0 Å². The largest absolute Gasteiger partial charge is 0.350 e. The van der Waals surface area contributed by atoms with Gasteiger partial charge in [0, 0.05) is 11.4 Å². The lowest BCUT2D eigenvalue weighted by molar-refractivity contribution is -0.123. The van der Waals surface area contributed by atoms with Gasteiger partial charge >= 0.3 is 0 Å². The second kappa shape index (κ2) is 4.59. The third-order valence-corrected chi connectivity index (χ3v) is 4.87. The predicted molar refractivity (Wildman–Crippen MR) is 73.5 cm³/mol. The topological polar surface area (TPSA) is 55.1 Å². The molecule has 0 atom stereocenters. The number of carbonyl (C=O) groups excluding carboxylic acids is 1. The molecule has 18 heavy (non-hydrogen) atoms. The van der Waals surface area contributed by atoms with Gasteiger partial charge in [-0.1, -0.05) is 12.1 Å². The Bertz CT molecular complexity index is 483. The van der Waals surface area contributed by atoms with Crippen molar-refractivity contribution in [3.8, 4) is 0 Å². The van der Waals surface area contributed by atoms with Crippen LogP contribution in [-0.2, 0) is 17.8 Å².